The molecule has 2 atom stereocenters. The number of hydrogen-bond donors (Lipinski definition) is 3. The smallest absolute Gasteiger partial charge is 0.305 e. The average molecular weight is 1010 g/mol. The van der Waals surface area contributed by atoms with Crippen LogP contribution >= 0.6 is 0 Å². The van der Waals surface area contributed by atoms with Crippen LogP contribution in [0.25, 0.3) is 0 Å². The Morgan fingerprint density at radius 1 is 0.389 bits per heavy atom. The van der Waals surface area contributed by atoms with Crippen LogP contribution < -0.4 is 5.32 Å². The summed E-state index contributed by atoms with van der Waals surface area (Å²) in [6.45, 7) is 4.85. The highest BCUT2D eigenvalue weighted by atomic mass is 16.5. The summed E-state index contributed by atoms with van der Waals surface area (Å²) >= 11 is 0. The topological polar surface area (TPSA) is 95.9 Å². The molecule has 0 fully saturated rings. The quantitative estimate of drug-likeness (QED) is 0.0320. The van der Waals surface area contributed by atoms with Crippen molar-refractivity contribution in [3.8, 4) is 0 Å². The Hall–Kier alpha value is -2.44. The van der Waals surface area contributed by atoms with Crippen molar-refractivity contribution in [1.29, 1.82) is 0 Å². The summed E-state index contributed by atoms with van der Waals surface area (Å²) in [6, 6.07) is -0.631. The van der Waals surface area contributed by atoms with Gasteiger partial charge in [-0.2, -0.15) is 0 Å². The average Bonchev–Trinajstić information content (AvgIpc) is 3.38. The molecule has 0 aliphatic heterocycles. The molecule has 0 saturated carbocycles. The van der Waals surface area contributed by atoms with E-state index in [0.717, 1.165) is 57.8 Å². The molecule has 3 N–H and O–H groups in total. The minimum Gasteiger partial charge on any atom is -0.466 e. The number of esters is 1. The number of ether oxygens (including phenoxy) is 1. The van der Waals surface area contributed by atoms with Gasteiger partial charge in [-0.15, -0.1) is 0 Å². The van der Waals surface area contributed by atoms with Gasteiger partial charge in [0.25, 0.3) is 0 Å². The zero-order chi connectivity index (χ0) is 52.2. The lowest BCUT2D eigenvalue weighted by atomic mass is 10.0. The maximum Gasteiger partial charge on any atom is 0.305 e. The van der Waals surface area contributed by atoms with Crippen LogP contribution in [0, 0.1) is 0 Å². The summed E-state index contributed by atoms with van der Waals surface area (Å²) in [5.41, 5.74) is 0. The first kappa shape index (κ1) is 69.6. The van der Waals surface area contributed by atoms with Crippen molar-refractivity contribution in [2.24, 2.45) is 0 Å². The van der Waals surface area contributed by atoms with Gasteiger partial charge < -0.3 is 20.3 Å². The number of aliphatic hydroxyl groups excluding tert-OH is 2. The molecule has 0 radical (unpaired) electrons. The zero-order valence-corrected chi connectivity index (χ0v) is 47.9. The molecule has 2 unspecified atom stereocenters. The standard InChI is InChI=1S/C66H121NO5/c1-3-5-7-9-11-13-15-17-34-38-42-46-50-54-58-64(69)63(62-68)67-65(70)59-55-51-47-43-39-35-32-30-28-26-24-22-20-19-21-23-25-27-29-31-33-37-41-45-49-53-57-61-72-66(71)60-56-52-48-44-40-36-18-16-14-12-10-8-6-4-2/h10,12,16,18-20,23,25,54,58,63-64,68-69H,3-9,11,13-15,17,21-22,24,26-53,55-57,59-62H2,1-2H3,(H,67,70)/b12-10-,18-16-,20-19-,25-23-,58-54+. The SMILES string of the molecule is CCCC/C=C\C/C=C\CCCCCCCC(=O)OCCCCCCCCCCC/C=C\C/C=C\CCCCCCCCCCCCCC(=O)NC(CO)C(O)/C=C/CCCCCCCCCCCCCC. The van der Waals surface area contributed by atoms with Crippen molar-refractivity contribution in [2.45, 2.75) is 334 Å². The van der Waals surface area contributed by atoms with Crippen molar-refractivity contribution in [3.05, 3.63) is 60.8 Å². The van der Waals surface area contributed by atoms with Crippen molar-refractivity contribution < 1.29 is 24.5 Å². The van der Waals surface area contributed by atoms with Crippen molar-refractivity contribution in [1.82, 2.24) is 5.32 Å². The van der Waals surface area contributed by atoms with Gasteiger partial charge in [-0.05, 0) is 89.9 Å². The van der Waals surface area contributed by atoms with E-state index in [1.165, 1.54) is 238 Å². The minimum absolute atomic E-state index is 0.00502. The lowest BCUT2D eigenvalue weighted by Gasteiger charge is -2.20. The van der Waals surface area contributed by atoms with Crippen LogP contribution in [0.5, 0.6) is 0 Å². The Kier molecular flexibility index (Phi) is 59.0. The van der Waals surface area contributed by atoms with E-state index in [9.17, 15) is 19.8 Å². The first-order valence-electron chi connectivity index (χ1n) is 31.6. The van der Waals surface area contributed by atoms with E-state index in [2.05, 4.69) is 67.8 Å². The number of aliphatic hydroxyl groups is 2. The second kappa shape index (κ2) is 61.1. The summed E-state index contributed by atoms with van der Waals surface area (Å²) < 4.78 is 5.47. The van der Waals surface area contributed by atoms with Gasteiger partial charge in [-0.25, -0.2) is 0 Å². The highest BCUT2D eigenvalue weighted by Gasteiger charge is 2.18. The molecular formula is C66H121NO5. The molecule has 0 aliphatic carbocycles. The fraction of sp³-hybridized carbons (Fsp3) is 0.818. The predicted octanol–water partition coefficient (Wildman–Crippen LogP) is 19.9. The van der Waals surface area contributed by atoms with Gasteiger partial charge in [0.05, 0.1) is 25.4 Å². The van der Waals surface area contributed by atoms with Crippen molar-refractivity contribution >= 4 is 11.9 Å². The van der Waals surface area contributed by atoms with Crippen LogP contribution in [-0.4, -0.2) is 47.4 Å². The maximum absolute atomic E-state index is 12.5. The highest BCUT2D eigenvalue weighted by Crippen LogP contribution is 2.16. The van der Waals surface area contributed by atoms with E-state index >= 15 is 0 Å². The van der Waals surface area contributed by atoms with E-state index < -0.39 is 12.1 Å². The number of unbranched alkanes of at least 4 members (excludes halogenated alkanes) is 39. The fourth-order valence-corrected chi connectivity index (χ4v) is 9.39. The van der Waals surface area contributed by atoms with Crippen LogP contribution in [-0.2, 0) is 14.3 Å². The normalized spacial score (nSPS) is 13.0. The lowest BCUT2D eigenvalue weighted by molar-refractivity contribution is -0.143. The minimum atomic E-state index is -0.847. The van der Waals surface area contributed by atoms with Gasteiger partial charge in [-0.1, -0.05) is 280 Å². The number of nitrogens with one attached hydrogen (secondary N) is 1. The van der Waals surface area contributed by atoms with E-state index in [1.807, 2.05) is 6.08 Å². The first-order chi connectivity index (χ1) is 35.5. The Morgan fingerprint density at radius 3 is 1.10 bits per heavy atom. The van der Waals surface area contributed by atoms with E-state index in [4.69, 9.17) is 4.74 Å². The summed E-state index contributed by atoms with van der Waals surface area (Å²) in [5, 5.41) is 23.1. The molecule has 0 aromatic rings. The van der Waals surface area contributed by atoms with Crippen LogP contribution in [0.1, 0.15) is 322 Å². The first-order valence-corrected chi connectivity index (χ1v) is 31.6. The predicted molar refractivity (Wildman–Crippen MR) is 315 cm³/mol. The van der Waals surface area contributed by atoms with Gasteiger partial charge in [0, 0.05) is 12.8 Å². The third kappa shape index (κ3) is 56.8. The maximum atomic E-state index is 12.5. The molecule has 420 valence electrons. The van der Waals surface area contributed by atoms with Gasteiger partial charge in [0.1, 0.15) is 0 Å². The molecule has 0 aliphatic rings. The molecule has 0 heterocycles. The Labute approximate surface area is 448 Å². The largest absolute Gasteiger partial charge is 0.466 e. The monoisotopic (exact) mass is 1010 g/mol. The molecule has 0 bridgehead atoms. The molecule has 0 aromatic heterocycles. The number of amides is 1. The van der Waals surface area contributed by atoms with Crippen LogP contribution in [0.2, 0.25) is 0 Å². The fourth-order valence-electron chi connectivity index (χ4n) is 9.39. The number of carbonyl (C=O) groups excluding carboxylic acids is 2. The summed E-state index contributed by atoms with van der Waals surface area (Å²) in [6.07, 6.45) is 79.8. The third-order valence-electron chi connectivity index (χ3n) is 14.3. The summed E-state index contributed by atoms with van der Waals surface area (Å²) in [7, 11) is 0. The molecule has 6 nitrogen and oxygen atoms in total. The van der Waals surface area contributed by atoms with Gasteiger partial charge in [0.2, 0.25) is 5.91 Å². The van der Waals surface area contributed by atoms with Crippen molar-refractivity contribution in [2.75, 3.05) is 13.2 Å². The molecule has 0 spiro atoms. The van der Waals surface area contributed by atoms with Crippen molar-refractivity contribution in [3.63, 3.8) is 0 Å². The lowest BCUT2D eigenvalue weighted by Crippen LogP contribution is -2.45. The molecule has 72 heavy (non-hydrogen) atoms. The molecule has 0 saturated heterocycles. The number of carbonyl (C=O) groups is 2. The van der Waals surface area contributed by atoms with Gasteiger partial charge in [-0.3, -0.25) is 9.59 Å². The summed E-state index contributed by atoms with van der Waals surface area (Å²) in [4.78, 5) is 24.5. The molecular weight excluding hydrogens is 887 g/mol. The van der Waals surface area contributed by atoms with Crippen LogP contribution in [0.15, 0.2) is 60.8 Å². The third-order valence-corrected chi connectivity index (χ3v) is 14.3. The number of hydrogen-bond acceptors (Lipinski definition) is 5. The van der Waals surface area contributed by atoms with E-state index in [0.29, 0.717) is 19.4 Å². The van der Waals surface area contributed by atoms with Crippen LogP contribution in [0.3, 0.4) is 0 Å². The highest BCUT2D eigenvalue weighted by molar-refractivity contribution is 5.76. The number of allylic oxidation sites excluding steroid dienone is 9. The zero-order valence-electron chi connectivity index (χ0n) is 47.9. The number of rotatable bonds is 58. The second-order valence-corrected chi connectivity index (χ2v) is 21.4. The van der Waals surface area contributed by atoms with Crippen LogP contribution in [0.4, 0.5) is 0 Å². The molecule has 1 amide bonds. The Bertz CT molecular complexity index is 1250. The molecule has 6 heteroatoms. The Balaban J connectivity index is 3.45. The van der Waals surface area contributed by atoms with Gasteiger partial charge in [0.15, 0.2) is 0 Å². The second-order valence-electron chi connectivity index (χ2n) is 21.4. The van der Waals surface area contributed by atoms with Gasteiger partial charge >= 0.3 is 5.97 Å². The molecule has 0 rings (SSSR count). The van der Waals surface area contributed by atoms with E-state index in [1.54, 1.807) is 6.08 Å². The molecule has 0 aromatic carbocycles. The Morgan fingerprint density at radius 2 is 0.708 bits per heavy atom. The summed E-state index contributed by atoms with van der Waals surface area (Å²) in [5.74, 6) is -0.0763. The van der Waals surface area contributed by atoms with E-state index in [-0.39, 0.29) is 18.5 Å².